The van der Waals surface area contributed by atoms with Crippen molar-refractivity contribution >= 4 is 5.84 Å². The number of nitrogens with zero attached hydrogens (tertiary/aromatic N) is 2. The molecule has 0 radical (unpaired) electrons. The molecule has 58 valence electrons. The first-order valence-corrected chi connectivity index (χ1v) is 3.68. The van der Waals surface area contributed by atoms with Gasteiger partial charge in [0.2, 0.25) is 0 Å². The SMILES string of the molecule is CN=C(C)N1CCCCO1. The predicted octanol–water partition coefficient (Wildman–Crippen LogP) is 1.06. The Bertz CT molecular complexity index is 128. The van der Waals surface area contributed by atoms with Gasteiger partial charge in [0, 0.05) is 13.6 Å². The zero-order valence-corrected chi connectivity index (χ0v) is 6.63. The Labute approximate surface area is 61.6 Å². The van der Waals surface area contributed by atoms with Crippen LogP contribution in [0.25, 0.3) is 0 Å². The van der Waals surface area contributed by atoms with E-state index in [0.29, 0.717) is 0 Å². The Kier molecular flexibility index (Phi) is 2.68. The molecule has 10 heavy (non-hydrogen) atoms. The van der Waals surface area contributed by atoms with Gasteiger partial charge in [0.15, 0.2) is 0 Å². The molecule has 0 amide bonds. The van der Waals surface area contributed by atoms with Crippen LogP contribution in [0, 0.1) is 0 Å². The van der Waals surface area contributed by atoms with E-state index in [-0.39, 0.29) is 0 Å². The van der Waals surface area contributed by atoms with Gasteiger partial charge in [-0.15, -0.1) is 0 Å². The van der Waals surface area contributed by atoms with E-state index in [2.05, 4.69) is 4.99 Å². The van der Waals surface area contributed by atoms with Gasteiger partial charge >= 0.3 is 0 Å². The van der Waals surface area contributed by atoms with Crippen LogP contribution in [-0.2, 0) is 4.84 Å². The maximum Gasteiger partial charge on any atom is 0.120 e. The summed E-state index contributed by atoms with van der Waals surface area (Å²) in [7, 11) is 1.79. The van der Waals surface area contributed by atoms with Crippen molar-refractivity contribution in [2.75, 3.05) is 20.2 Å². The predicted molar refractivity (Wildman–Crippen MR) is 40.9 cm³/mol. The summed E-state index contributed by atoms with van der Waals surface area (Å²) < 4.78 is 0. The standard InChI is InChI=1S/C7H14N2O/c1-7(8-2)9-5-3-4-6-10-9/h3-6H2,1-2H3. The minimum absolute atomic E-state index is 0.840. The van der Waals surface area contributed by atoms with E-state index in [4.69, 9.17) is 4.84 Å². The van der Waals surface area contributed by atoms with Crippen LogP contribution in [0.1, 0.15) is 19.8 Å². The van der Waals surface area contributed by atoms with Crippen molar-refractivity contribution in [3.8, 4) is 0 Å². The Morgan fingerprint density at radius 1 is 1.50 bits per heavy atom. The number of hydrogen-bond acceptors (Lipinski definition) is 2. The second kappa shape index (κ2) is 3.56. The smallest absolute Gasteiger partial charge is 0.120 e. The van der Waals surface area contributed by atoms with Crippen molar-refractivity contribution in [1.29, 1.82) is 0 Å². The molecule has 1 aliphatic heterocycles. The molecule has 0 saturated carbocycles. The maximum atomic E-state index is 5.33. The summed E-state index contributed by atoms with van der Waals surface area (Å²) in [5.41, 5.74) is 0. The van der Waals surface area contributed by atoms with E-state index in [1.807, 2.05) is 12.0 Å². The van der Waals surface area contributed by atoms with Crippen molar-refractivity contribution in [1.82, 2.24) is 5.06 Å². The molecule has 0 aromatic rings. The van der Waals surface area contributed by atoms with Crippen molar-refractivity contribution in [3.63, 3.8) is 0 Å². The topological polar surface area (TPSA) is 24.8 Å². The van der Waals surface area contributed by atoms with Gasteiger partial charge in [0.1, 0.15) is 5.84 Å². The molecule has 1 rings (SSSR count). The van der Waals surface area contributed by atoms with Gasteiger partial charge in [-0.3, -0.25) is 9.83 Å². The van der Waals surface area contributed by atoms with Crippen molar-refractivity contribution in [2.24, 2.45) is 4.99 Å². The molecule has 1 heterocycles. The van der Waals surface area contributed by atoms with Crippen LogP contribution >= 0.6 is 0 Å². The van der Waals surface area contributed by atoms with Crippen molar-refractivity contribution in [3.05, 3.63) is 0 Å². The van der Waals surface area contributed by atoms with Crippen LogP contribution in [-0.4, -0.2) is 31.1 Å². The highest BCUT2D eigenvalue weighted by atomic mass is 16.7. The summed E-state index contributed by atoms with van der Waals surface area (Å²) in [6.07, 6.45) is 2.39. The van der Waals surface area contributed by atoms with Crippen LogP contribution in [0.2, 0.25) is 0 Å². The molecule has 3 heteroatoms. The second-order valence-corrected chi connectivity index (χ2v) is 2.41. The molecule has 0 atom stereocenters. The first kappa shape index (κ1) is 7.54. The summed E-state index contributed by atoms with van der Waals surface area (Å²) in [4.78, 5) is 9.36. The first-order chi connectivity index (χ1) is 4.84. The molecular weight excluding hydrogens is 128 g/mol. The molecule has 1 saturated heterocycles. The lowest BCUT2D eigenvalue weighted by Crippen LogP contribution is -2.34. The largest absolute Gasteiger partial charge is 0.274 e. The highest BCUT2D eigenvalue weighted by Gasteiger charge is 2.10. The fourth-order valence-corrected chi connectivity index (χ4v) is 0.964. The first-order valence-electron chi connectivity index (χ1n) is 3.68. The Balaban J connectivity index is 2.39. The molecule has 0 bridgehead atoms. The Morgan fingerprint density at radius 2 is 2.30 bits per heavy atom. The summed E-state index contributed by atoms with van der Waals surface area (Å²) in [5.74, 6) is 0.972. The lowest BCUT2D eigenvalue weighted by atomic mass is 10.3. The number of aliphatic imine (C=N–C) groups is 1. The van der Waals surface area contributed by atoms with E-state index in [1.165, 1.54) is 12.8 Å². The highest BCUT2D eigenvalue weighted by molar-refractivity contribution is 5.78. The third-order valence-electron chi connectivity index (χ3n) is 1.69. The third-order valence-corrected chi connectivity index (χ3v) is 1.69. The summed E-state index contributed by atoms with van der Waals surface area (Å²) >= 11 is 0. The summed E-state index contributed by atoms with van der Waals surface area (Å²) in [5, 5.41) is 1.86. The molecule has 0 unspecified atom stereocenters. The molecular formula is C7H14N2O. The van der Waals surface area contributed by atoms with Gasteiger partial charge in [-0.2, -0.15) is 0 Å². The van der Waals surface area contributed by atoms with Crippen LogP contribution in [0.3, 0.4) is 0 Å². The second-order valence-electron chi connectivity index (χ2n) is 2.41. The lowest BCUT2D eigenvalue weighted by Gasteiger charge is -2.26. The van der Waals surface area contributed by atoms with Gasteiger partial charge in [0.05, 0.1) is 6.61 Å². The van der Waals surface area contributed by atoms with E-state index in [0.717, 1.165) is 19.0 Å². The van der Waals surface area contributed by atoms with Gasteiger partial charge in [-0.05, 0) is 19.8 Å². The molecule has 1 fully saturated rings. The minimum atomic E-state index is 0.840. The molecule has 1 aliphatic rings. The Morgan fingerprint density at radius 3 is 2.80 bits per heavy atom. The van der Waals surface area contributed by atoms with Gasteiger partial charge in [0.25, 0.3) is 0 Å². The van der Waals surface area contributed by atoms with Crippen molar-refractivity contribution < 1.29 is 4.84 Å². The van der Waals surface area contributed by atoms with Gasteiger partial charge < -0.3 is 0 Å². The van der Waals surface area contributed by atoms with E-state index in [1.54, 1.807) is 7.05 Å². The normalized spacial score (nSPS) is 21.4. The zero-order chi connectivity index (χ0) is 7.40. The van der Waals surface area contributed by atoms with Crippen LogP contribution in [0.15, 0.2) is 4.99 Å². The fourth-order valence-electron chi connectivity index (χ4n) is 0.964. The lowest BCUT2D eigenvalue weighted by molar-refractivity contribution is -0.124. The van der Waals surface area contributed by atoms with Gasteiger partial charge in [-0.25, -0.2) is 5.06 Å². The van der Waals surface area contributed by atoms with Crippen LogP contribution < -0.4 is 0 Å². The minimum Gasteiger partial charge on any atom is -0.274 e. The molecule has 3 nitrogen and oxygen atoms in total. The number of hydrogen-bond donors (Lipinski definition) is 0. The molecule has 0 spiro atoms. The van der Waals surface area contributed by atoms with E-state index < -0.39 is 0 Å². The van der Waals surface area contributed by atoms with E-state index in [9.17, 15) is 0 Å². The summed E-state index contributed by atoms with van der Waals surface area (Å²) in [6, 6.07) is 0. The molecule has 0 aromatic heterocycles. The zero-order valence-electron chi connectivity index (χ0n) is 6.63. The van der Waals surface area contributed by atoms with Gasteiger partial charge in [-0.1, -0.05) is 0 Å². The number of amidine groups is 1. The third kappa shape index (κ3) is 1.70. The number of hydroxylamine groups is 2. The molecule has 0 N–H and O–H groups in total. The summed E-state index contributed by atoms with van der Waals surface area (Å²) in [6.45, 7) is 3.79. The monoisotopic (exact) mass is 142 g/mol. The van der Waals surface area contributed by atoms with E-state index >= 15 is 0 Å². The molecule has 0 aromatic carbocycles. The quantitative estimate of drug-likeness (QED) is 0.373. The van der Waals surface area contributed by atoms with Crippen LogP contribution in [0.4, 0.5) is 0 Å². The Hall–Kier alpha value is -0.570. The molecule has 0 aliphatic carbocycles. The fraction of sp³-hybridized carbons (Fsp3) is 0.857. The average Bonchev–Trinajstić information content (AvgIpc) is 2.05. The number of rotatable bonds is 0. The van der Waals surface area contributed by atoms with Crippen molar-refractivity contribution in [2.45, 2.75) is 19.8 Å². The highest BCUT2D eigenvalue weighted by Crippen LogP contribution is 2.05. The maximum absolute atomic E-state index is 5.33. The average molecular weight is 142 g/mol. The van der Waals surface area contributed by atoms with Crippen LogP contribution in [0.5, 0.6) is 0 Å².